The predicted molar refractivity (Wildman–Crippen MR) is 139 cm³/mol. The van der Waals surface area contributed by atoms with Gasteiger partial charge in [0.05, 0.1) is 18.0 Å². The van der Waals surface area contributed by atoms with Gasteiger partial charge in [-0.25, -0.2) is 4.98 Å². The second kappa shape index (κ2) is 11.2. The second-order valence-corrected chi connectivity index (χ2v) is 10.1. The first-order valence-electron chi connectivity index (χ1n) is 11.6. The lowest BCUT2D eigenvalue weighted by Crippen LogP contribution is -2.27. The number of nitrogens with zero attached hydrogens (tertiary/aromatic N) is 2. The number of aryl methyl sites for hydroxylation is 1. The highest BCUT2D eigenvalue weighted by Gasteiger charge is 2.20. The largest absolute Gasteiger partial charge is 0.489 e. The Bertz CT molecular complexity index is 1050. The summed E-state index contributed by atoms with van der Waals surface area (Å²) in [6, 6.07) is 8.54. The molecule has 0 bridgehead atoms. The molecule has 0 atom stereocenters. The molecule has 3 N–H and O–H groups in total. The Kier molecular flexibility index (Phi) is 8.06. The summed E-state index contributed by atoms with van der Waals surface area (Å²) in [5.41, 5.74) is 3.49. The summed E-state index contributed by atoms with van der Waals surface area (Å²) in [5.74, 6) is 2.50. The molecule has 4 rings (SSSR count). The molecule has 8 heteroatoms. The molecule has 0 amide bonds. The van der Waals surface area contributed by atoms with Crippen LogP contribution in [0.25, 0.3) is 0 Å². The third kappa shape index (κ3) is 6.37. The van der Waals surface area contributed by atoms with E-state index >= 15 is 0 Å². The molecule has 2 aromatic heterocycles. The smallest absolute Gasteiger partial charge is 0.229 e. The lowest BCUT2D eigenvalue weighted by atomic mass is 9.87. The fourth-order valence-corrected chi connectivity index (χ4v) is 5.02. The number of nitrogens with one attached hydrogen (secondary N) is 3. The van der Waals surface area contributed by atoms with Gasteiger partial charge in [0.25, 0.3) is 0 Å². The van der Waals surface area contributed by atoms with Gasteiger partial charge in [-0.05, 0) is 93.7 Å². The summed E-state index contributed by atoms with van der Waals surface area (Å²) < 4.78 is 6.19. The first-order chi connectivity index (χ1) is 16.0. The van der Waals surface area contributed by atoms with Gasteiger partial charge < -0.3 is 20.7 Å². The Morgan fingerprint density at radius 2 is 2.09 bits per heavy atom. The van der Waals surface area contributed by atoms with Crippen LogP contribution in [0, 0.1) is 6.92 Å². The highest BCUT2D eigenvalue weighted by Crippen LogP contribution is 2.37. The minimum atomic E-state index is 0.0646. The summed E-state index contributed by atoms with van der Waals surface area (Å²) in [4.78, 5) is 10.3. The fourth-order valence-electron chi connectivity index (χ4n) is 4.16. The van der Waals surface area contributed by atoms with Gasteiger partial charge in [0, 0.05) is 11.4 Å². The topological polar surface area (TPSA) is 71.1 Å². The summed E-state index contributed by atoms with van der Waals surface area (Å²) in [7, 11) is 0. The van der Waals surface area contributed by atoms with Gasteiger partial charge in [-0.3, -0.25) is 0 Å². The van der Waals surface area contributed by atoms with Gasteiger partial charge in [0.2, 0.25) is 5.95 Å². The van der Waals surface area contributed by atoms with Crippen LogP contribution in [0.3, 0.4) is 0 Å². The zero-order chi connectivity index (χ0) is 23.2. The van der Waals surface area contributed by atoms with Crippen molar-refractivity contribution in [2.24, 2.45) is 0 Å². The number of aromatic nitrogens is 2. The first kappa shape index (κ1) is 23.8. The van der Waals surface area contributed by atoms with Crippen LogP contribution in [0.15, 0.2) is 35.8 Å². The van der Waals surface area contributed by atoms with Crippen LogP contribution in [-0.2, 0) is 6.42 Å². The van der Waals surface area contributed by atoms with Gasteiger partial charge >= 0.3 is 0 Å². The zero-order valence-corrected chi connectivity index (χ0v) is 21.0. The zero-order valence-electron chi connectivity index (χ0n) is 19.5. The number of ether oxygens (including phenoxy) is 1. The van der Waals surface area contributed by atoms with Crippen LogP contribution < -0.4 is 20.7 Å². The SMILES string of the molecule is Cc1cc(Nc2ncc(Cl)c(NCCc3cccs3)n2)c(OC(C)C)cc1C1CCNCC1. The summed E-state index contributed by atoms with van der Waals surface area (Å²) >= 11 is 8.10. The molecule has 1 aromatic carbocycles. The van der Waals surface area contributed by atoms with Crippen molar-refractivity contribution in [3.05, 3.63) is 56.9 Å². The van der Waals surface area contributed by atoms with E-state index in [1.165, 1.54) is 16.0 Å². The molecular weight excluding hydrogens is 454 g/mol. The predicted octanol–water partition coefficient (Wildman–Crippen LogP) is 6.15. The van der Waals surface area contributed by atoms with Crippen LogP contribution in [0.4, 0.5) is 17.5 Å². The number of hydrogen-bond donors (Lipinski definition) is 3. The van der Waals surface area contributed by atoms with Gasteiger partial charge in [-0.1, -0.05) is 17.7 Å². The average Bonchev–Trinajstić information content (AvgIpc) is 3.31. The van der Waals surface area contributed by atoms with Gasteiger partial charge in [-0.15, -0.1) is 11.3 Å². The van der Waals surface area contributed by atoms with Crippen LogP contribution in [0.2, 0.25) is 5.02 Å². The Labute approximate surface area is 205 Å². The maximum absolute atomic E-state index is 6.35. The van der Waals surface area contributed by atoms with Crippen molar-refractivity contribution in [2.45, 2.75) is 52.1 Å². The fraction of sp³-hybridized carbons (Fsp3) is 0.440. The molecule has 0 saturated carbocycles. The lowest BCUT2D eigenvalue weighted by Gasteiger charge is -2.26. The Balaban J connectivity index is 1.53. The Morgan fingerprint density at radius 3 is 2.82 bits per heavy atom. The van der Waals surface area contributed by atoms with Crippen LogP contribution in [0.5, 0.6) is 5.75 Å². The molecule has 6 nitrogen and oxygen atoms in total. The normalized spacial score (nSPS) is 14.5. The first-order valence-corrected chi connectivity index (χ1v) is 12.8. The maximum Gasteiger partial charge on any atom is 0.229 e. The summed E-state index contributed by atoms with van der Waals surface area (Å²) in [6.07, 6.45) is 4.91. The third-order valence-electron chi connectivity index (χ3n) is 5.74. The molecule has 33 heavy (non-hydrogen) atoms. The van der Waals surface area contributed by atoms with E-state index in [1.807, 2.05) is 13.8 Å². The maximum atomic E-state index is 6.35. The Hall–Kier alpha value is -2.35. The third-order valence-corrected chi connectivity index (χ3v) is 6.96. The van der Waals surface area contributed by atoms with Crippen molar-refractivity contribution < 1.29 is 4.74 Å². The van der Waals surface area contributed by atoms with Crippen molar-refractivity contribution in [3.8, 4) is 5.75 Å². The monoisotopic (exact) mass is 485 g/mol. The quantitative estimate of drug-likeness (QED) is 0.337. The number of benzene rings is 1. The highest BCUT2D eigenvalue weighted by atomic mass is 35.5. The molecule has 0 unspecified atom stereocenters. The minimum Gasteiger partial charge on any atom is -0.489 e. The van der Waals surface area contributed by atoms with Crippen molar-refractivity contribution >= 4 is 40.4 Å². The van der Waals surface area contributed by atoms with Gasteiger partial charge in [0.15, 0.2) is 5.82 Å². The molecular formula is C25H32ClN5OS. The van der Waals surface area contributed by atoms with E-state index in [-0.39, 0.29) is 6.10 Å². The molecule has 3 heterocycles. The van der Waals surface area contributed by atoms with E-state index in [4.69, 9.17) is 16.3 Å². The molecule has 1 saturated heterocycles. The number of thiophene rings is 1. The number of hydrogen-bond acceptors (Lipinski definition) is 7. The van der Waals surface area contributed by atoms with E-state index in [0.29, 0.717) is 22.7 Å². The number of halogens is 1. The van der Waals surface area contributed by atoms with Crippen molar-refractivity contribution in [2.75, 3.05) is 30.3 Å². The highest BCUT2D eigenvalue weighted by molar-refractivity contribution is 7.09. The molecule has 1 fully saturated rings. The average molecular weight is 486 g/mol. The molecule has 0 spiro atoms. The molecule has 1 aliphatic rings. The van der Waals surface area contributed by atoms with E-state index in [9.17, 15) is 0 Å². The number of anilines is 3. The standard InChI is InChI=1S/C25H32ClN5OS/c1-16(2)32-23-14-20(18-6-9-27-10-7-18)17(3)13-22(23)30-25-29-15-21(26)24(31-25)28-11-8-19-5-4-12-33-19/h4-5,12-16,18,27H,6-11H2,1-3H3,(H2,28,29,30,31). The molecule has 0 aliphatic carbocycles. The van der Waals surface area contributed by atoms with Crippen molar-refractivity contribution in [1.82, 2.24) is 15.3 Å². The summed E-state index contributed by atoms with van der Waals surface area (Å²) in [6.45, 7) is 9.13. The van der Waals surface area contributed by atoms with E-state index in [1.54, 1.807) is 17.5 Å². The van der Waals surface area contributed by atoms with E-state index in [2.05, 4.69) is 62.5 Å². The van der Waals surface area contributed by atoms with Crippen LogP contribution >= 0.6 is 22.9 Å². The number of rotatable bonds is 9. The summed E-state index contributed by atoms with van der Waals surface area (Å²) in [5, 5.41) is 12.7. The lowest BCUT2D eigenvalue weighted by molar-refractivity contribution is 0.243. The second-order valence-electron chi connectivity index (χ2n) is 8.67. The van der Waals surface area contributed by atoms with Crippen molar-refractivity contribution in [3.63, 3.8) is 0 Å². The van der Waals surface area contributed by atoms with E-state index < -0.39 is 0 Å². The van der Waals surface area contributed by atoms with Crippen LogP contribution in [0.1, 0.15) is 48.6 Å². The van der Waals surface area contributed by atoms with Gasteiger partial charge in [0.1, 0.15) is 10.8 Å². The molecule has 0 radical (unpaired) electrons. The number of piperidine rings is 1. The minimum absolute atomic E-state index is 0.0646. The molecule has 3 aromatic rings. The van der Waals surface area contributed by atoms with E-state index in [0.717, 1.165) is 50.3 Å². The van der Waals surface area contributed by atoms with Gasteiger partial charge in [-0.2, -0.15) is 4.98 Å². The molecule has 1 aliphatic heterocycles. The molecule has 176 valence electrons. The Morgan fingerprint density at radius 1 is 1.27 bits per heavy atom. The van der Waals surface area contributed by atoms with Crippen LogP contribution in [-0.4, -0.2) is 35.7 Å². The van der Waals surface area contributed by atoms with Crippen molar-refractivity contribution in [1.29, 1.82) is 0 Å².